The molecular formula is C25H42N2O5S. The Balaban J connectivity index is 2.23. The quantitative estimate of drug-likeness (QED) is 0.233. The van der Waals surface area contributed by atoms with Crippen LogP contribution in [0.5, 0.6) is 0 Å². The summed E-state index contributed by atoms with van der Waals surface area (Å²) in [6.07, 6.45) is 13.3. The van der Waals surface area contributed by atoms with Gasteiger partial charge in [-0.25, -0.2) is 0 Å². The zero-order chi connectivity index (χ0) is 24.6. The summed E-state index contributed by atoms with van der Waals surface area (Å²) in [5, 5.41) is 2.92. The summed E-state index contributed by atoms with van der Waals surface area (Å²) in [5.74, 6) is -2.61. The predicted octanol–water partition coefficient (Wildman–Crippen LogP) is 4.07. The molecular weight excluding hydrogens is 440 g/mol. The first kappa shape index (κ1) is 29.3. The van der Waals surface area contributed by atoms with Crippen LogP contribution in [0.2, 0.25) is 0 Å². The molecule has 0 aromatic carbocycles. The lowest BCUT2D eigenvalue weighted by Gasteiger charge is -2.19. The van der Waals surface area contributed by atoms with Gasteiger partial charge >= 0.3 is 0 Å². The molecule has 7 nitrogen and oxygen atoms in total. The second kappa shape index (κ2) is 16.8. The van der Waals surface area contributed by atoms with Crippen LogP contribution in [0.3, 0.4) is 0 Å². The normalized spacial score (nSPS) is 18.1. The maximum atomic E-state index is 12.7. The van der Waals surface area contributed by atoms with Crippen molar-refractivity contribution in [3.8, 4) is 0 Å². The van der Waals surface area contributed by atoms with E-state index in [-0.39, 0.29) is 12.3 Å². The van der Waals surface area contributed by atoms with E-state index in [0.717, 1.165) is 30.6 Å². The number of ketones is 2. The second-order valence-electron chi connectivity index (χ2n) is 8.86. The molecule has 1 rings (SSSR count). The van der Waals surface area contributed by atoms with Gasteiger partial charge in [0.05, 0.1) is 0 Å². The number of nitrogens with zero attached hydrogens (tertiary/aromatic N) is 1. The fourth-order valence-corrected chi connectivity index (χ4v) is 4.67. The highest BCUT2D eigenvalue weighted by atomic mass is 32.2. The molecule has 0 spiro atoms. The van der Waals surface area contributed by atoms with E-state index in [1.807, 2.05) is 6.26 Å². The molecule has 1 aliphatic heterocycles. The fraction of sp³-hybridized carbons (Fsp3) is 0.800. The summed E-state index contributed by atoms with van der Waals surface area (Å²) in [5.41, 5.74) is 0. The maximum absolute atomic E-state index is 12.7. The summed E-state index contributed by atoms with van der Waals surface area (Å²) in [4.78, 5) is 62.5. The Labute approximate surface area is 203 Å². The van der Waals surface area contributed by atoms with Gasteiger partial charge in [-0.05, 0) is 37.7 Å². The lowest BCUT2D eigenvalue weighted by Crippen LogP contribution is -2.39. The van der Waals surface area contributed by atoms with Gasteiger partial charge in [0.15, 0.2) is 17.5 Å². The van der Waals surface area contributed by atoms with Gasteiger partial charge in [0.2, 0.25) is 17.7 Å². The van der Waals surface area contributed by atoms with E-state index >= 15 is 0 Å². The second-order valence-corrected chi connectivity index (χ2v) is 9.84. The number of Topliss-reactive ketones (excluding diaryl/α,β-unsaturated/α-hetero) is 2. The third-order valence-corrected chi connectivity index (χ3v) is 6.74. The highest BCUT2D eigenvalue weighted by Crippen LogP contribution is 2.27. The number of amides is 3. The summed E-state index contributed by atoms with van der Waals surface area (Å²) in [6.45, 7) is 4.03. The molecule has 0 aromatic heterocycles. The van der Waals surface area contributed by atoms with E-state index in [9.17, 15) is 24.0 Å². The zero-order valence-electron chi connectivity index (χ0n) is 20.7. The minimum Gasteiger partial charge on any atom is -0.356 e. The van der Waals surface area contributed by atoms with Gasteiger partial charge in [-0.15, -0.1) is 0 Å². The van der Waals surface area contributed by atoms with Crippen LogP contribution in [0.15, 0.2) is 0 Å². The number of carbonyl (C=O) groups excluding carboxylic acids is 5. The molecule has 0 bridgehead atoms. The number of hydrogen-bond donors (Lipinski definition) is 1. The lowest BCUT2D eigenvalue weighted by atomic mass is 9.94. The Morgan fingerprint density at radius 3 is 2.15 bits per heavy atom. The van der Waals surface area contributed by atoms with Crippen LogP contribution in [0, 0.1) is 5.92 Å². The zero-order valence-corrected chi connectivity index (χ0v) is 21.5. The monoisotopic (exact) mass is 482 g/mol. The molecule has 3 amide bonds. The van der Waals surface area contributed by atoms with Crippen molar-refractivity contribution in [2.75, 3.05) is 18.6 Å². The van der Waals surface area contributed by atoms with Gasteiger partial charge in [0, 0.05) is 26.3 Å². The van der Waals surface area contributed by atoms with Gasteiger partial charge in [-0.2, -0.15) is 11.8 Å². The standard InChI is InChI=1S/C25H42N2O5S/c1-4-5-6-7-8-9-12-15-22(30)26-17-13-10-11-14-21(29)23-24(31)20(16-18-33-3)27(19(2)28)25(23)32/h20,23H,4-18H2,1-3H3,(H,26,30). The van der Waals surface area contributed by atoms with Crippen LogP contribution >= 0.6 is 11.8 Å². The molecule has 0 saturated carbocycles. The van der Waals surface area contributed by atoms with Gasteiger partial charge in [0.25, 0.3) is 0 Å². The maximum Gasteiger partial charge on any atom is 0.248 e. The fourth-order valence-electron chi connectivity index (χ4n) is 4.21. The lowest BCUT2D eigenvalue weighted by molar-refractivity contribution is -0.145. The van der Waals surface area contributed by atoms with E-state index in [1.54, 1.807) is 0 Å². The summed E-state index contributed by atoms with van der Waals surface area (Å²) < 4.78 is 0. The van der Waals surface area contributed by atoms with E-state index in [4.69, 9.17) is 0 Å². The number of thioether (sulfide) groups is 1. The number of likely N-dealkylation sites (tertiary alicyclic amines) is 1. The van der Waals surface area contributed by atoms with Crippen molar-refractivity contribution >= 4 is 41.0 Å². The van der Waals surface area contributed by atoms with Crippen LogP contribution < -0.4 is 5.32 Å². The topological polar surface area (TPSA) is 101 Å². The van der Waals surface area contributed by atoms with Crippen molar-refractivity contribution in [2.45, 2.75) is 103 Å². The average Bonchev–Trinajstić information content (AvgIpc) is 3.03. The van der Waals surface area contributed by atoms with Crippen LogP contribution in [0.1, 0.15) is 97.3 Å². The largest absolute Gasteiger partial charge is 0.356 e. The van der Waals surface area contributed by atoms with Crippen LogP contribution in [-0.2, 0) is 24.0 Å². The van der Waals surface area contributed by atoms with Crippen molar-refractivity contribution in [1.82, 2.24) is 10.2 Å². The van der Waals surface area contributed by atoms with Gasteiger partial charge in [-0.1, -0.05) is 51.9 Å². The van der Waals surface area contributed by atoms with Crippen LogP contribution in [-0.4, -0.2) is 58.8 Å². The molecule has 0 aromatic rings. The minimum atomic E-state index is -1.33. The smallest absolute Gasteiger partial charge is 0.248 e. The SMILES string of the molecule is CCCCCCCCCC(=O)NCCCCCC(=O)C1C(=O)C(CCSC)N(C(C)=O)C1=O. The number of unbranched alkanes of at least 4 members (excludes halogenated alkanes) is 8. The van der Waals surface area contributed by atoms with E-state index in [2.05, 4.69) is 12.2 Å². The molecule has 0 radical (unpaired) electrons. The molecule has 1 aliphatic rings. The molecule has 1 N–H and O–H groups in total. The van der Waals surface area contributed by atoms with Crippen LogP contribution in [0.25, 0.3) is 0 Å². The molecule has 2 unspecified atom stereocenters. The number of rotatable bonds is 18. The third kappa shape index (κ3) is 10.4. The first-order chi connectivity index (χ1) is 15.8. The minimum absolute atomic E-state index is 0.0717. The van der Waals surface area contributed by atoms with Crippen molar-refractivity contribution in [3.05, 3.63) is 0 Å². The Kier molecular flexibility index (Phi) is 15.0. The summed E-state index contributed by atoms with van der Waals surface area (Å²) >= 11 is 1.53. The van der Waals surface area contributed by atoms with Crippen LogP contribution in [0.4, 0.5) is 0 Å². The number of carbonyl (C=O) groups is 5. The van der Waals surface area contributed by atoms with Crippen molar-refractivity contribution in [2.24, 2.45) is 5.92 Å². The van der Waals surface area contributed by atoms with E-state index < -0.39 is 35.3 Å². The molecule has 1 saturated heterocycles. The number of hydrogen-bond acceptors (Lipinski definition) is 6. The Morgan fingerprint density at radius 1 is 0.909 bits per heavy atom. The van der Waals surface area contributed by atoms with Gasteiger partial charge < -0.3 is 5.32 Å². The molecule has 0 aliphatic carbocycles. The van der Waals surface area contributed by atoms with E-state index in [0.29, 0.717) is 31.6 Å². The molecule has 1 heterocycles. The highest BCUT2D eigenvalue weighted by Gasteiger charge is 2.51. The number of imide groups is 1. The Hall–Kier alpha value is -1.70. The molecule has 188 valence electrons. The summed E-state index contributed by atoms with van der Waals surface area (Å²) in [6, 6.07) is -0.817. The first-order valence-corrected chi connectivity index (χ1v) is 13.9. The average molecular weight is 483 g/mol. The van der Waals surface area contributed by atoms with Gasteiger partial charge in [0.1, 0.15) is 6.04 Å². The number of nitrogens with one attached hydrogen (secondary N) is 1. The third-order valence-electron chi connectivity index (χ3n) is 6.10. The predicted molar refractivity (Wildman–Crippen MR) is 132 cm³/mol. The molecule has 1 fully saturated rings. The molecule has 33 heavy (non-hydrogen) atoms. The first-order valence-electron chi connectivity index (χ1n) is 12.5. The Morgan fingerprint density at radius 2 is 1.52 bits per heavy atom. The van der Waals surface area contributed by atoms with Crippen molar-refractivity contribution in [3.63, 3.8) is 0 Å². The summed E-state index contributed by atoms with van der Waals surface area (Å²) in [7, 11) is 0. The van der Waals surface area contributed by atoms with Gasteiger partial charge in [-0.3, -0.25) is 28.9 Å². The molecule has 2 atom stereocenters. The van der Waals surface area contributed by atoms with Crippen molar-refractivity contribution < 1.29 is 24.0 Å². The van der Waals surface area contributed by atoms with E-state index in [1.165, 1.54) is 50.8 Å². The highest BCUT2D eigenvalue weighted by molar-refractivity contribution is 7.98. The molecule has 8 heteroatoms. The Bertz CT molecular complexity index is 667. The van der Waals surface area contributed by atoms with Crippen molar-refractivity contribution in [1.29, 1.82) is 0 Å².